The van der Waals surface area contributed by atoms with E-state index in [1.807, 2.05) is 32.9 Å². The van der Waals surface area contributed by atoms with Crippen molar-refractivity contribution in [3.05, 3.63) is 35.5 Å². The Bertz CT molecular complexity index is 845. The predicted molar refractivity (Wildman–Crippen MR) is 110 cm³/mol. The van der Waals surface area contributed by atoms with Crippen LogP contribution in [0.2, 0.25) is 0 Å². The van der Waals surface area contributed by atoms with E-state index < -0.39 is 5.60 Å². The average Bonchev–Trinajstić information content (AvgIpc) is 3.03. The molecular weight excluding hydrogens is 376 g/mol. The lowest BCUT2D eigenvalue weighted by Gasteiger charge is -2.34. The predicted octanol–water partition coefficient (Wildman–Crippen LogP) is 3.52. The van der Waals surface area contributed by atoms with Gasteiger partial charge < -0.3 is 20.7 Å². The average molecular weight is 403 g/mol. The number of nitrogens with zero attached hydrogens (tertiary/aromatic N) is 2. The molecule has 28 heavy (non-hydrogen) atoms. The summed E-state index contributed by atoms with van der Waals surface area (Å²) in [6.45, 7) is 6.59. The number of pyridine rings is 1. The largest absolute Gasteiger partial charge is 0.444 e. The number of likely N-dealkylation sites (tertiary alicyclic amines) is 1. The molecule has 0 spiro atoms. The first kappa shape index (κ1) is 20.1. The summed E-state index contributed by atoms with van der Waals surface area (Å²) in [6, 6.07) is 5.44. The molecule has 8 heteroatoms. The first-order chi connectivity index (χ1) is 13.2. The number of carbonyl (C=O) groups excluding carboxylic acids is 2. The highest BCUT2D eigenvalue weighted by molar-refractivity contribution is 7.18. The monoisotopic (exact) mass is 402 g/mol. The number of hydrogen-bond acceptors (Lipinski definition) is 6. The summed E-state index contributed by atoms with van der Waals surface area (Å²) < 4.78 is 5.44. The third-order valence-corrected chi connectivity index (χ3v) is 5.52. The Labute approximate surface area is 168 Å². The third-order valence-electron chi connectivity index (χ3n) is 4.32. The van der Waals surface area contributed by atoms with E-state index in [2.05, 4.69) is 10.3 Å². The Morgan fingerprint density at radius 3 is 2.86 bits per heavy atom. The second-order valence-corrected chi connectivity index (χ2v) is 8.93. The number of nitrogens with two attached hydrogens (primary N) is 1. The molecule has 0 radical (unpaired) electrons. The molecule has 2 aromatic heterocycles. The van der Waals surface area contributed by atoms with Crippen molar-refractivity contribution in [3.63, 3.8) is 0 Å². The number of nitrogen functional groups attached to an aromatic ring is 1. The van der Waals surface area contributed by atoms with Crippen LogP contribution in [0.1, 0.15) is 43.3 Å². The molecule has 3 rings (SSSR count). The van der Waals surface area contributed by atoms with E-state index in [1.165, 1.54) is 11.3 Å². The molecule has 7 nitrogen and oxygen atoms in total. The van der Waals surface area contributed by atoms with Gasteiger partial charge in [0.1, 0.15) is 10.5 Å². The maximum atomic E-state index is 12.8. The molecule has 1 aliphatic rings. The van der Waals surface area contributed by atoms with Crippen LogP contribution in [-0.2, 0) is 4.74 Å². The maximum absolute atomic E-state index is 12.8. The summed E-state index contributed by atoms with van der Waals surface area (Å²) in [5, 5.41) is 3.01. The lowest BCUT2D eigenvalue weighted by Crippen LogP contribution is -2.50. The van der Waals surface area contributed by atoms with Crippen LogP contribution in [0.4, 0.5) is 10.5 Å². The van der Waals surface area contributed by atoms with Gasteiger partial charge in [0, 0.05) is 42.0 Å². The van der Waals surface area contributed by atoms with Gasteiger partial charge in [0.25, 0.3) is 5.91 Å². The van der Waals surface area contributed by atoms with E-state index >= 15 is 0 Å². The molecule has 0 aliphatic carbocycles. The summed E-state index contributed by atoms with van der Waals surface area (Å²) in [7, 11) is 0. The van der Waals surface area contributed by atoms with Gasteiger partial charge in [0.15, 0.2) is 0 Å². The van der Waals surface area contributed by atoms with Gasteiger partial charge in [-0.1, -0.05) is 6.07 Å². The van der Waals surface area contributed by atoms with Gasteiger partial charge in [0.2, 0.25) is 0 Å². The highest BCUT2D eigenvalue weighted by atomic mass is 32.1. The number of anilines is 1. The van der Waals surface area contributed by atoms with Gasteiger partial charge in [0.05, 0.1) is 5.69 Å². The second-order valence-electron chi connectivity index (χ2n) is 7.88. The quantitative estimate of drug-likeness (QED) is 0.819. The zero-order valence-electron chi connectivity index (χ0n) is 16.4. The van der Waals surface area contributed by atoms with Crippen molar-refractivity contribution < 1.29 is 14.3 Å². The normalized spacial score (nSPS) is 17.2. The van der Waals surface area contributed by atoms with Gasteiger partial charge in [-0.2, -0.15) is 0 Å². The molecule has 0 aromatic carbocycles. The minimum absolute atomic E-state index is 0.128. The standard InChI is InChI=1S/C20H26N4O3S/c1-20(2,3)27-19(26)24-9-5-7-14(12-24)23-18(25)17-15(21)10-16(28-17)13-6-4-8-22-11-13/h4,6,8,10-11,14H,5,7,9,12,21H2,1-3H3,(H,23,25)/t14-/m0/s1. The van der Waals surface area contributed by atoms with E-state index in [-0.39, 0.29) is 18.0 Å². The number of hydrogen-bond donors (Lipinski definition) is 2. The van der Waals surface area contributed by atoms with Crippen LogP contribution in [0.25, 0.3) is 10.4 Å². The Morgan fingerprint density at radius 2 is 2.18 bits per heavy atom. The van der Waals surface area contributed by atoms with E-state index in [9.17, 15) is 9.59 Å². The van der Waals surface area contributed by atoms with Gasteiger partial charge in [-0.05, 0) is 45.7 Å². The molecular formula is C20H26N4O3S. The fourth-order valence-electron chi connectivity index (χ4n) is 3.07. The van der Waals surface area contributed by atoms with Crippen LogP contribution in [-0.4, -0.2) is 46.6 Å². The number of amides is 2. The fraction of sp³-hybridized carbons (Fsp3) is 0.450. The van der Waals surface area contributed by atoms with Crippen molar-refractivity contribution in [1.82, 2.24) is 15.2 Å². The fourth-order valence-corrected chi connectivity index (χ4v) is 4.04. The van der Waals surface area contributed by atoms with Gasteiger partial charge >= 0.3 is 6.09 Å². The molecule has 1 aliphatic heterocycles. The second kappa shape index (κ2) is 8.18. The molecule has 1 atom stereocenters. The molecule has 1 fully saturated rings. The Hall–Kier alpha value is -2.61. The Kier molecular flexibility index (Phi) is 5.88. The lowest BCUT2D eigenvalue weighted by molar-refractivity contribution is 0.0186. The van der Waals surface area contributed by atoms with Crippen molar-refractivity contribution in [2.24, 2.45) is 0 Å². The Morgan fingerprint density at radius 1 is 1.39 bits per heavy atom. The number of carbonyl (C=O) groups is 2. The Balaban J connectivity index is 1.65. The smallest absolute Gasteiger partial charge is 0.410 e. The molecule has 0 saturated carbocycles. The molecule has 3 N–H and O–H groups in total. The number of piperidine rings is 1. The summed E-state index contributed by atoms with van der Waals surface area (Å²) in [5.74, 6) is -0.214. The van der Waals surface area contributed by atoms with Crippen molar-refractivity contribution in [2.45, 2.75) is 45.3 Å². The zero-order chi connectivity index (χ0) is 20.3. The van der Waals surface area contributed by atoms with Crippen LogP contribution in [0.15, 0.2) is 30.6 Å². The number of aromatic nitrogens is 1. The number of rotatable bonds is 3. The highest BCUT2D eigenvalue weighted by Crippen LogP contribution is 2.33. The van der Waals surface area contributed by atoms with Gasteiger partial charge in [-0.25, -0.2) is 4.79 Å². The van der Waals surface area contributed by atoms with E-state index in [4.69, 9.17) is 10.5 Å². The molecule has 0 unspecified atom stereocenters. The minimum atomic E-state index is -0.540. The number of thiophene rings is 1. The van der Waals surface area contributed by atoms with Crippen molar-refractivity contribution in [3.8, 4) is 10.4 Å². The van der Waals surface area contributed by atoms with Crippen LogP contribution in [0.3, 0.4) is 0 Å². The molecule has 1 saturated heterocycles. The number of ether oxygens (including phenoxy) is 1. The van der Waals surface area contributed by atoms with Crippen LogP contribution >= 0.6 is 11.3 Å². The summed E-state index contributed by atoms with van der Waals surface area (Å²) >= 11 is 1.34. The summed E-state index contributed by atoms with van der Waals surface area (Å²) in [5.41, 5.74) is 6.90. The SMILES string of the molecule is CC(C)(C)OC(=O)N1CCC[C@H](NC(=O)c2sc(-c3cccnc3)cc2N)C1. The van der Waals surface area contributed by atoms with Crippen molar-refractivity contribution in [1.29, 1.82) is 0 Å². The third kappa shape index (κ3) is 5.01. The van der Waals surface area contributed by atoms with E-state index in [1.54, 1.807) is 23.4 Å². The van der Waals surface area contributed by atoms with Gasteiger partial charge in [-0.15, -0.1) is 11.3 Å². The van der Waals surface area contributed by atoms with Crippen LogP contribution < -0.4 is 11.1 Å². The highest BCUT2D eigenvalue weighted by Gasteiger charge is 2.29. The summed E-state index contributed by atoms with van der Waals surface area (Å²) in [4.78, 5) is 32.2. The summed E-state index contributed by atoms with van der Waals surface area (Å²) in [6.07, 6.45) is 4.72. The van der Waals surface area contributed by atoms with Crippen LogP contribution in [0.5, 0.6) is 0 Å². The number of nitrogens with one attached hydrogen (secondary N) is 1. The molecule has 2 amide bonds. The van der Waals surface area contributed by atoms with E-state index in [0.717, 1.165) is 23.3 Å². The van der Waals surface area contributed by atoms with Crippen LogP contribution in [0, 0.1) is 0 Å². The minimum Gasteiger partial charge on any atom is -0.444 e. The van der Waals surface area contributed by atoms with Crippen molar-refractivity contribution in [2.75, 3.05) is 18.8 Å². The molecule has 0 bridgehead atoms. The zero-order valence-corrected chi connectivity index (χ0v) is 17.2. The molecule has 150 valence electrons. The lowest BCUT2D eigenvalue weighted by atomic mass is 10.1. The first-order valence-electron chi connectivity index (χ1n) is 9.31. The first-order valence-corrected chi connectivity index (χ1v) is 10.1. The van der Waals surface area contributed by atoms with Crippen molar-refractivity contribution >= 4 is 29.0 Å². The maximum Gasteiger partial charge on any atom is 0.410 e. The van der Waals surface area contributed by atoms with E-state index in [0.29, 0.717) is 23.7 Å². The molecule has 2 aromatic rings. The van der Waals surface area contributed by atoms with Gasteiger partial charge in [-0.3, -0.25) is 9.78 Å². The topological polar surface area (TPSA) is 97.5 Å². The molecule has 3 heterocycles.